The van der Waals surface area contributed by atoms with Crippen molar-refractivity contribution in [3.63, 3.8) is 0 Å². The van der Waals surface area contributed by atoms with Gasteiger partial charge in [0.1, 0.15) is 11.5 Å². The summed E-state index contributed by atoms with van der Waals surface area (Å²) in [6.45, 7) is 2.63. The van der Waals surface area contributed by atoms with Crippen LogP contribution in [-0.2, 0) is 10.0 Å². The van der Waals surface area contributed by atoms with Crippen molar-refractivity contribution in [3.8, 4) is 5.69 Å². The molecule has 0 unspecified atom stereocenters. The van der Waals surface area contributed by atoms with Gasteiger partial charge in [-0.1, -0.05) is 0 Å². The van der Waals surface area contributed by atoms with Crippen LogP contribution in [0.3, 0.4) is 0 Å². The molecule has 128 valence electrons. The molecule has 9 heteroatoms. The average Bonchev–Trinajstić information content (AvgIpc) is 2.90. The second-order valence-corrected chi connectivity index (χ2v) is 6.74. The van der Waals surface area contributed by atoms with Crippen LogP contribution in [0.2, 0.25) is 0 Å². The van der Waals surface area contributed by atoms with E-state index in [2.05, 4.69) is 9.82 Å². The lowest BCUT2D eigenvalue weighted by Crippen LogP contribution is -2.25. The number of nitrogens with two attached hydrogens (primary N) is 1. The number of sulfonamides is 1. The van der Waals surface area contributed by atoms with Crippen molar-refractivity contribution < 1.29 is 12.8 Å². The summed E-state index contributed by atoms with van der Waals surface area (Å²) in [5.41, 5.74) is 6.44. The summed E-state index contributed by atoms with van der Waals surface area (Å²) < 4.78 is 42.1. The molecular formula is C14H20ClFN4O2S. The van der Waals surface area contributed by atoms with Crippen molar-refractivity contribution in [1.29, 1.82) is 0 Å². The fourth-order valence-corrected chi connectivity index (χ4v) is 3.03. The standard InChI is InChI=1S/C14H19FN4O2S.ClH/c1-11-9-17-19(10-11)14-5-4-12(8-13(14)15)22(20,21)18-7-3-2-6-16;/h4-5,8-10,18H,2-3,6-7,16H2,1H3;1H. The molecule has 0 spiro atoms. The largest absolute Gasteiger partial charge is 0.330 e. The lowest BCUT2D eigenvalue weighted by atomic mass is 10.3. The summed E-state index contributed by atoms with van der Waals surface area (Å²) in [7, 11) is -3.72. The van der Waals surface area contributed by atoms with Gasteiger partial charge in [0, 0.05) is 12.7 Å². The predicted octanol–water partition coefficient (Wildman–Crippen LogP) is 1.76. The Bertz CT molecular complexity index is 749. The zero-order valence-corrected chi connectivity index (χ0v) is 14.3. The number of halogens is 2. The Morgan fingerprint density at radius 1 is 1.35 bits per heavy atom. The van der Waals surface area contributed by atoms with Gasteiger partial charge in [0.15, 0.2) is 0 Å². The van der Waals surface area contributed by atoms with Crippen molar-refractivity contribution in [2.24, 2.45) is 5.73 Å². The number of unbranched alkanes of at least 4 members (excludes halogenated alkanes) is 1. The molecule has 2 aromatic rings. The monoisotopic (exact) mass is 362 g/mol. The van der Waals surface area contributed by atoms with Crippen molar-refractivity contribution in [1.82, 2.24) is 14.5 Å². The van der Waals surface area contributed by atoms with E-state index in [1.165, 1.54) is 16.8 Å². The smallest absolute Gasteiger partial charge is 0.240 e. The molecule has 1 aromatic carbocycles. The fourth-order valence-electron chi connectivity index (χ4n) is 1.94. The van der Waals surface area contributed by atoms with Gasteiger partial charge in [-0.3, -0.25) is 0 Å². The van der Waals surface area contributed by atoms with Gasteiger partial charge < -0.3 is 5.73 Å². The van der Waals surface area contributed by atoms with Crippen LogP contribution in [-0.4, -0.2) is 31.3 Å². The van der Waals surface area contributed by atoms with Gasteiger partial charge in [-0.2, -0.15) is 5.10 Å². The van der Waals surface area contributed by atoms with Crippen LogP contribution < -0.4 is 10.5 Å². The first-order chi connectivity index (χ1) is 10.4. The van der Waals surface area contributed by atoms with Crippen LogP contribution in [0.1, 0.15) is 18.4 Å². The van der Waals surface area contributed by atoms with Crippen LogP contribution in [0.25, 0.3) is 5.69 Å². The highest BCUT2D eigenvalue weighted by atomic mass is 35.5. The van der Waals surface area contributed by atoms with Crippen LogP contribution in [0.4, 0.5) is 4.39 Å². The van der Waals surface area contributed by atoms with E-state index in [1.54, 1.807) is 12.4 Å². The molecule has 2 rings (SSSR count). The van der Waals surface area contributed by atoms with Gasteiger partial charge in [0.2, 0.25) is 10.0 Å². The molecule has 23 heavy (non-hydrogen) atoms. The summed E-state index contributed by atoms with van der Waals surface area (Å²) in [6, 6.07) is 3.76. The first kappa shape index (κ1) is 19.6. The maximum atomic E-state index is 14.1. The summed E-state index contributed by atoms with van der Waals surface area (Å²) in [5.74, 6) is -0.645. The Labute approximate surface area is 141 Å². The van der Waals surface area contributed by atoms with Crippen LogP contribution in [0.5, 0.6) is 0 Å². The molecule has 0 aliphatic heterocycles. The minimum atomic E-state index is -3.72. The highest BCUT2D eigenvalue weighted by Gasteiger charge is 2.16. The molecule has 0 aliphatic carbocycles. The second kappa shape index (κ2) is 8.39. The van der Waals surface area contributed by atoms with Crippen LogP contribution >= 0.6 is 12.4 Å². The number of aryl methyl sites for hydroxylation is 1. The summed E-state index contributed by atoms with van der Waals surface area (Å²) in [4.78, 5) is -0.106. The Kier molecular flexibility index (Phi) is 7.14. The molecule has 0 aliphatic rings. The van der Waals surface area contributed by atoms with E-state index >= 15 is 0 Å². The van der Waals surface area contributed by atoms with E-state index < -0.39 is 15.8 Å². The predicted molar refractivity (Wildman–Crippen MR) is 89.0 cm³/mol. The van der Waals surface area contributed by atoms with E-state index in [0.29, 0.717) is 13.0 Å². The number of hydrogen-bond donors (Lipinski definition) is 2. The first-order valence-electron chi connectivity index (χ1n) is 6.95. The molecule has 1 heterocycles. The Balaban J connectivity index is 0.00000264. The topological polar surface area (TPSA) is 90.0 Å². The van der Waals surface area contributed by atoms with Crippen molar-refractivity contribution in [3.05, 3.63) is 42.0 Å². The van der Waals surface area contributed by atoms with Crippen molar-refractivity contribution in [2.75, 3.05) is 13.1 Å². The lowest BCUT2D eigenvalue weighted by molar-refractivity contribution is 0.572. The quantitative estimate of drug-likeness (QED) is 0.734. The van der Waals surface area contributed by atoms with Gasteiger partial charge in [0.05, 0.1) is 11.1 Å². The fraction of sp³-hybridized carbons (Fsp3) is 0.357. The van der Waals surface area contributed by atoms with E-state index in [0.717, 1.165) is 18.1 Å². The molecule has 6 nitrogen and oxygen atoms in total. The van der Waals surface area contributed by atoms with Gasteiger partial charge in [0.25, 0.3) is 0 Å². The molecule has 0 saturated carbocycles. The van der Waals surface area contributed by atoms with E-state index in [-0.39, 0.29) is 29.5 Å². The third-order valence-electron chi connectivity index (χ3n) is 3.11. The van der Waals surface area contributed by atoms with Gasteiger partial charge >= 0.3 is 0 Å². The minimum absolute atomic E-state index is 0. The Morgan fingerprint density at radius 3 is 2.65 bits per heavy atom. The van der Waals surface area contributed by atoms with Gasteiger partial charge in [-0.05, 0) is 50.1 Å². The molecule has 0 atom stereocenters. The molecule has 0 fully saturated rings. The van der Waals surface area contributed by atoms with Crippen molar-refractivity contribution >= 4 is 22.4 Å². The third-order valence-corrected chi connectivity index (χ3v) is 4.57. The first-order valence-corrected chi connectivity index (χ1v) is 8.43. The maximum Gasteiger partial charge on any atom is 0.240 e. The van der Waals surface area contributed by atoms with Crippen LogP contribution in [0.15, 0.2) is 35.5 Å². The summed E-state index contributed by atoms with van der Waals surface area (Å²) in [6.07, 6.45) is 4.64. The molecule has 0 bridgehead atoms. The maximum absolute atomic E-state index is 14.1. The van der Waals surface area contributed by atoms with E-state index in [1.807, 2.05) is 6.92 Å². The lowest BCUT2D eigenvalue weighted by Gasteiger charge is -2.09. The molecule has 0 amide bonds. The number of nitrogens with one attached hydrogen (secondary N) is 1. The van der Waals surface area contributed by atoms with Crippen molar-refractivity contribution in [2.45, 2.75) is 24.7 Å². The molecule has 1 aromatic heterocycles. The minimum Gasteiger partial charge on any atom is -0.330 e. The second-order valence-electron chi connectivity index (χ2n) is 4.97. The zero-order chi connectivity index (χ0) is 16.2. The molecular weight excluding hydrogens is 343 g/mol. The Hall–Kier alpha value is -1.48. The van der Waals surface area contributed by atoms with Crippen LogP contribution in [0, 0.1) is 12.7 Å². The number of benzene rings is 1. The van der Waals surface area contributed by atoms with Gasteiger partial charge in [-0.25, -0.2) is 22.2 Å². The number of rotatable bonds is 7. The summed E-state index contributed by atoms with van der Waals surface area (Å²) >= 11 is 0. The van der Waals surface area contributed by atoms with E-state index in [4.69, 9.17) is 5.73 Å². The third kappa shape index (κ3) is 5.00. The number of aromatic nitrogens is 2. The number of nitrogens with zero attached hydrogens (tertiary/aromatic N) is 2. The Morgan fingerprint density at radius 2 is 2.09 bits per heavy atom. The normalized spacial score (nSPS) is 11.3. The van der Waals surface area contributed by atoms with Gasteiger partial charge in [-0.15, -0.1) is 12.4 Å². The molecule has 0 radical (unpaired) electrons. The molecule has 3 N–H and O–H groups in total. The van der Waals surface area contributed by atoms with E-state index in [9.17, 15) is 12.8 Å². The summed E-state index contributed by atoms with van der Waals surface area (Å²) in [5, 5.41) is 4.01. The highest BCUT2D eigenvalue weighted by Crippen LogP contribution is 2.18. The average molecular weight is 363 g/mol. The molecule has 0 saturated heterocycles. The SMILES string of the molecule is Cc1cnn(-c2ccc(S(=O)(=O)NCCCCN)cc2F)c1.Cl. The number of hydrogen-bond acceptors (Lipinski definition) is 4. The highest BCUT2D eigenvalue weighted by molar-refractivity contribution is 7.89. The zero-order valence-electron chi connectivity index (χ0n) is 12.7.